The van der Waals surface area contributed by atoms with E-state index in [9.17, 15) is 26.4 Å². The molecule has 0 aromatic heterocycles. The minimum absolute atomic E-state index is 0.195. The Kier molecular flexibility index (Phi) is 4.40. The number of hydrogen-bond acceptors (Lipinski definition) is 4. The maximum atomic E-state index is 13.5. The van der Waals surface area contributed by atoms with Gasteiger partial charge in [0.15, 0.2) is 17.5 Å². The van der Waals surface area contributed by atoms with Crippen LogP contribution in [0.1, 0.15) is 0 Å². The number of halogens is 3. The zero-order valence-electron chi connectivity index (χ0n) is 9.98. The molecule has 1 aromatic rings. The second-order valence-corrected chi connectivity index (χ2v) is 5.47. The van der Waals surface area contributed by atoms with Gasteiger partial charge in [0.25, 0.3) is 0 Å². The van der Waals surface area contributed by atoms with Gasteiger partial charge in [-0.1, -0.05) is 0 Å². The van der Waals surface area contributed by atoms with E-state index < -0.39 is 45.7 Å². The number of esters is 1. The van der Waals surface area contributed by atoms with Gasteiger partial charge in [-0.2, -0.15) is 0 Å². The third-order valence-corrected chi connectivity index (χ3v) is 3.29. The van der Waals surface area contributed by atoms with E-state index in [1.165, 1.54) is 0 Å². The van der Waals surface area contributed by atoms with Gasteiger partial charge in [-0.25, -0.2) is 21.6 Å². The molecule has 0 aliphatic carbocycles. The van der Waals surface area contributed by atoms with Crippen molar-refractivity contribution in [3.05, 3.63) is 29.6 Å². The van der Waals surface area contributed by atoms with E-state index >= 15 is 0 Å². The molecular formula is C10H10F3NO4S. The van der Waals surface area contributed by atoms with Crippen LogP contribution in [-0.2, 0) is 19.6 Å². The monoisotopic (exact) mass is 297 g/mol. The van der Waals surface area contributed by atoms with Crippen LogP contribution < -0.4 is 4.31 Å². The van der Waals surface area contributed by atoms with Gasteiger partial charge in [0.1, 0.15) is 6.54 Å². The summed E-state index contributed by atoms with van der Waals surface area (Å²) in [6.07, 6.45) is 0.691. The third kappa shape index (κ3) is 3.60. The lowest BCUT2D eigenvalue weighted by Crippen LogP contribution is -2.36. The van der Waals surface area contributed by atoms with E-state index in [1.807, 2.05) is 0 Å². The first-order valence-electron chi connectivity index (χ1n) is 4.86. The summed E-state index contributed by atoms with van der Waals surface area (Å²) in [5.41, 5.74) is -0.771. The zero-order valence-corrected chi connectivity index (χ0v) is 10.8. The van der Waals surface area contributed by atoms with Gasteiger partial charge in [0, 0.05) is 12.1 Å². The maximum absolute atomic E-state index is 13.5. The summed E-state index contributed by atoms with van der Waals surface area (Å²) in [5, 5.41) is 0. The Morgan fingerprint density at radius 2 is 1.74 bits per heavy atom. The Balaban J connectivity index is 3.34. The van der Waals surface area contributed by atoms with Gasteiger partial charge < -0.3 is 4.74 Å². The summed E-state index contributed by atoms with van der Waals surface area (Å²) in [6.45, 7) is -0.850. The highest BCUT2D eigenvalue weighted by atomic mass is 32.2. The van der Waals surface area contributed by atoms with E-state index in [1.54, 1.807) is 0 Å². The molecule has 0 aliphatic rings. The molecule has 0 heterocycles. The summed E-state index contributed by atoms with van der Waals surface area (Å²) in [4.78, 5) is 11.1. The fourth-order valence-corrected chi connectivity index (χ4v) is 2.10. The summed E-state index contributed by atoms with van der Waals surface area (Å²) in [6, 6.07) is 0.550. The fourth-order valence-electron chi connectivity index (χ4n) is 1.27. The van der Waals surface area contributed by atoms with Crippen molar-refractivity contribution in [2.45, 2.75) is 0 Å². The number of nitrogens with zero attached hydrogens (tertiary/aromatic N) is 1. The van der Waals surface area contributed by atoms with E-state index in [2.05, 4.69) is 4.74 Å². The lowest BCUT2D eigenvalue weighted by atomic mass is 10.3. The Bertz CT molecular complexity index is 603. The fraction of sp³-hybridized carbons (Fsp3) is 0.300. The van der Waals surface area contributed by atoms with Crippen molar-refractivity contribution >= 4 is 21.7 Å². The number of hydrogen-bond donors (Lipinski definition) is 0. The van der Waals surface area contributed by atoms with E-state index in [-0.39, 0.29) is 10.4 Å². The molecule has 0 radical (unpaired) electrons. The molecule has 1 rings (SSSR count). The maximum Gasteiger partial charge on any atom is 0.326 e. The number of carbonyl (C=O) groups excluding carboxylic acids is 1. The van der Waals surface area contributed by atoms with E-state index in [0.29, 0.717) is 12.3 Å². The Labute approximate surface area is 107 Å². The van der Waals surface area contributed by atoms with Gasteiger partial charge in [-0.05, 0) is 0 Å². The molecule has 0 bridgehead atoms. The number of sulfonamides is 1. The summed E-state index contributed by atoms with van der Waals surface area (Å²) < 4.78 is 66.8. The van der Waals surface area contributed by atoms with Gasteiger partial charge in [-0.15, -0.1) is 0 Å². The third-order valence-electron chi connectivity index (χ3n) is 2.16. The molecule has 0 spiro atoms. The predicted molar refractivity (Wildman–Crippen MR) is 60.5 cm³/mol. The zero-order chi connectivity index (χ0) is 14.8. The lowest BCUT2D eigenvalue weighted by molar-refractivity contribution is -0.138. The van der Waals surface area contributed by atoms with Crippen LogP contribution in [0.4, 0.5) is 18.9 Å². The Morgan fingerprint density at radius 3 is 2.21 bits per heavy atom. The number of methoxy groups -OCH3 is 1. The van der Waals surface area contributed by atoms with Crippen molar-refractivity contribution in [3.63, 3.8) is 0 Å². The summed E-state index contributed by atoms with van der Waals surface area (Å²) >= 11 is 0. The van der Waals surface area contributed by atoms with Crippen LogP contribution in [0.3, 0.4) is 0 Å². The second-order valence-electron chi connectivity index (χ2n) is 3.56. The van der Waals surface area contributed by atoms with Crippen molar-refractivity contribution < 1.29 is 31.1 Å². The molecule has 0 aliphatic heterocycles. The molecule has 0 saturated heterocycles. The van der Waals surface area contributed by atoms with Crippen LogP contribution in [0.2, 0.25) is 0 Å². The number of rotatable bonds is 4. The van der Waals surface area contributed by atoms with Crippen molar-refractivity contribution in [1.82, 2.24) is 0 Å². The van der Waals surface area contributed by atoms with Crippen LogP contribution in [0, 0.1) is 17.5 Å². The minimum Gasteiger partial charge on any atom is -0.468 e. The highest BCUT2D eigenvalue weighted by Crippen LogP contribution is 2.24. The molecule has 0 N–H and O–H groups in total. The van der Waals surface area contributed by atoms with Gasteiger partial charge in [-0.3, -0.25) is 9.10 Å². The lowest BCUT2D eigenvalue weighted by Gasteiger charge is -2.21. The molecule has 9 heteroatoms. The largest absolute Gasteiger partial charge is 0.468 e. The van der Waals surface area contributed by atoms with E-state index in [4.69, 9.17) is 0 Å². The normalized spacial score (nSPS) is 11.2. The van der Waals surface area contributed by atoms with Crippen molar-refractivity contribution in [3.8, 4) is 0 Å². The quantitative estimate of drug-likeness (QED) is 0.615. The van der Waals surface area contributed by atoms with Crippen LogP contribution in [-0.4, -0.2) is 34.3 Å². The van der Waals surface area contributed by atoms with E-state index in [0.717, 1.165) is 7.11 Å². The Hall–Kier alpha value is -1.77. The first-order valence-corrected chi connectivity index (χ1v) is 6.70. The molecule has 0 fully saturated rings. The second kappa shape index (κ2) is 5.47. The molecule has 106 valence electrons. The SMILES string of the molecule is COC(=O)CN(c1cc(F)c(F)cc1F)S(C)(=O)=O. The average Bonchev–Trinajstić information content (AvgIpc) is 2.29. The van der Waals surface area contributed by atoms with Gasteiger partial charge in [0.05, 0.1) is 19.1 Å². The molecule has 0 saturated carbocycles. The highest BCUT2D eigenvalue weighted by molar-refractivity contribution is 7.92. The van der Waals surface area contributed by atoms with Crippen molar-refractivity contribution in [2.24, 2.45) is 0 Å². The molecule has 0 unspecified atom stereocenters. The van der Waals surface area contributed by atoms with Gasteiger partial charge in [0.2, 0.25) is 10.0 Å². The molecule has 1 aromatic carbocycles. The number of carbonyl (C=O) groups is 1. The minimum atomic E-state index is -4.07. The molecule has 0 amide bonds. The number of ether oxygens (including phenoxy) is 1. The topological polar surface area (TPSA) is 63.7 Å². The van der Waals surface area contributed by atoms with Crippen LogP contribution in [0.5, 0.6) is 0 Å². The van der Waals surface area contributed by atoms with Crippen LogP contribution in [0.25, 0.3) is 0 Å². The van der Waals surface area contributed by atoms with Gasteiger partial charge >= 0.3 is 5.97 Å². The average molecular weight is 297 g/mol. The van der Waals surface area contributed by atoms with Crippen molar-refractivity contribution in [1.29, 1.82) is 0 Å². The number of anilines is 1. The smallest absolute Gasteiger partial charge is 0.326 e. The molecule has 5 nitrogen and oxygen atoms in total. The molecule has 19 heavy (non-hydrogen) atoms. The summed E-state index contributed by atoms with van der Waals surface area (Å²) in [5.74, 6) is -5.19. The molecule has 0 atom stereocenters. The Morgan fingerprint density at radius 1 is 1.21 bits per heavy atom. The first kappa shape index (κ1) is 15.3. The summed E-state index contributed by atoms with van der Waals surface area (Å²) in [7, 11) is -3.07. The predicted octanol–water partition coefficient (Wildman–Crippen LogP) is 1.04. The van der Waals surface area contributed by atoms with Crippen molar-refractivity contribution in [2.75, 3.05) is 24.2 Å². The highest BCUT2D eigenvalue weighted by Gasteiger charge is 2.25. The standard InChI is InChI=1S/C10H10F3NO4S/c1-18-10(15)5-14(19(2,16)17)9-4-7(12)6(11)3-8(9)13/h3-4H,5H2,1-2H3. The number of benzene rings is 1. The van der Waals surface area contributed by atoms with Crippen LogP contribution >= 0.6 is 0 Å². The van der Waals surface area contributed by atoms with Crippen LogP contribution in [0.15, 0.2) is 12.1 Å². The molecular weight excluding hydrogens is 287 g/mol. The first-order chi connectivity index (χ1) is 8.66.